The maximum absolute atomic E-state index is 13.2. The monoisotopic (exact) mass is 431 g/mol. The molecule has 0 unspecified atom stereocenters. The summed E-state index contributed by atoms with van der Waals surface area (Å²) in [5, 5.41) is 39.2. The van der Waals surface area contributed by atoms with Crippen LogP contribution >= 0.6 is 11.3 Å². The molecule has 1 saturated heterocycles. The zero-order valence-corrected chi connectivity index (χ0v) is 17.7. The smallest absolute Gasteiger partial charge is 0.426 e. The van der Waals surface area contributed by atoms with E-state index in [-0.39, 0.29) is 10.8 Å². The largest absolute Gasteiger partial charge is 0.475 e. The molecule has 2 heterocycles. The van der Waals surface area contributed by atoms with Crippen LogP contribution in [0, 0.1) is 16.0 Å². The van der Waals surface area contributed by atoms with Crippen molar-refractivity contribution in [1.29, 1.82) is 0 Å². The fourth-order valence-electron chi connectivity index (χ4n) is 4.09. The average Bonchev–Trinajstić information content (AvgIpc) is 3.35. The van der Waals surface area contributed by atoms with Gasteiger partial charge in [-0.1, -0.05) is 50.2 Å². The third-order valence-corrected chi connectivity index (χ3v) is 6.37. The van der Waals surface area contributed by atoms with Gasteiger partial charge in [0, 0.05) is 9.80 Å². The summed E-state index contributed by atoms with van der Waals surface area (Å²) >= 11 is 1.37. The van der Waals surface area contributed by atoms with E-state index in [1.54, 1.807) is 24.3 Å². The van der Waals surface area contributed by atoms with Crippen LogP contribution in [0.1, 0.15) is 42.7 Å². The number of hydrogen-bond acceptors (Lipinski definition) is 7. The molecule has 2 aromatic rings. The second-order valence-electron chi connectivity index (χ2n) is 8.01. The standard InChI is InChI=1S/C20H26BN3O5S/c1-12(2)11-15(21(26)27)22-20(25)18-16(14-9-6-10-30-14)19(24(28)29)17(23-18)13-7-4-3-5-8-13/h3-10,12,15-19,23,26-27H,11H2,1-2H3,(H,22,25)/t15-,16+,17+,18+,19-/m0/s1. The molecule has 5 atom stereocenters. The predicted molar refractivity (Wildman–Crippen MR) is 116 cm³/mol. The predicted octanol–water partition coefficient (Wildman–Crippen LogP) is 1.73. The minimum Gasteiger partial charge on any atom is -0.426 e. The number of rotatable bonds is 8. The van der Waals surface area contributed by atoms with Crippen LogP contribution in [0.25, 0.3) is 0 Å². The van der Waals surface area contributed by atoms with Gasteiger partial charge in [0.05, 0.1) is 11.9 Å². The van der Waals surface area contributed by atoms with Crippen molar-refractivity contribution >= 4 is 24.4 Å². The molecule has 30 heavy (non-hydrogen) atoms. The molecule has 1 aliphatic rings. The first-order chi connectivity index (χ1) is 14.3. The first-order valence-corrected chi connectivity index (χ1v) is 10.8. The molecule has 10 heteroatoms. The average molecular weight is 431 g/mol. The van der Waals surface area contributed by atoms with E-state index in [0.29, 0.717) is 6.42 Å². The summed E-state index contributed by atoms with van der Waals surface area (Å²) in [6, 6.07) is 10.1. The summed E-state index contributed by atoms with van der Waals surface area (Å²) in [5.41, 5.74) is 0.733. The van der Waals surface area contributed by atoms with Gasteiger partial charge in [-0.25, -0.2) is 0 Å². The molecule has 0 bridgehead atoms. The fourth-order valence-corrected chi connectivity index (χ4v) is 5.00. The van der Waals surface area contributed by atoms with Crippen molar-refractivity contribution in [3.63, 3.8) is 0 Å². The van der Waals surface area contributed by atoms with Gasteiger partial charge in [-0.15, -0.1) is 11.3 Å². The molecule has 0 aliphatic carbocycles. The minimum absolute atomic E-state index is 0.130. The highest BCUT2D eigenvalue weighted by molar-refractivity contribution is 7.10. The number of amides is 1. The highest BCUT2D eigenvalue weighted by atomic mass is 32.1. The topological polar surface area (TPSA) is 125 Å². The molecule has 0 saturated carbocycles. The Balaban J connectivity index is 1.94. The fraction of sp³-hybridized carbons (Fsp3) is 0.450. The number of nitrogens with zero attached hydrogens (tertiary/aromatic N) is 1. The summed E-state index contributed by atoms with van der Waals surface area (Å²) in [5.74, 6) is -1.88. The molecule has 1 aromatic heterocycles. The van der Waals surface area contributed by atoms with Crippen LogP contribution in [-0.4, -0.2) is 46.0 Å². The normalized spacial score (nSPS) is 24.6. The van der Waals surface area contributed by atoms with Crippen LogP contribution in [0.15, 0.2) is 47.8 Å². The van der Waals surface area contributed by atoms with Crippen LogP contribution < -0.4 is 10.6 Å². The van der Waals surface area contributed by atoms with E-state index in [4.69, 9.17) is 0 Å². The third kappa shape index (κ3) is 4.89. The number of hydrogen-bond donors (Lipinski definition) is 4. The van der Waals surface area contributed by atoms with Gasteiger partial charge in [-0.2, -0.15) is 0 Å². The number of carbonyl (C=O) groups excluding carboxylic acids is 1. The second kappa shape index (κ2) is 9.70. The van der Waals surface area contributed by atoms with E-state index >= 15 is 0 Å². The molecule has 1 fully saturated rings. The Hall–Kier alpha value is -2.27. The lowest BCUT2D eigenvalue weighted by molar-refractivity contribution is -0.527. The van der Waals surface area contributed by atoms with Gasteiger partial charge in [0.1, 0.15) is 12.1 Å². The molecule has 3 rings (SSSR count). The van der Waals surface area contributed by atoms with Gasteiger partial charge >= 0.3 is 7.12 Å². The van der Waals surface area contributed by atoms with Gasteiger partial charge in [0.25, 0.3) is 0 Å². The summed E-state index contributed by atoms with van der Waals surface area (Å²) in [6.07, 6.45) is 0.376. The van der Waals surface area contributed by atoms with E-state index in [1.807, 2.05) is 37.4 Å². The first-order valence-electron chi connectivity index (χ1n) is 9.94. The Bertz CT molecular complexity index is 849. The Labute approximate surface area is 179 Å². The molecular formula is C20H26BN3O5S. The van der Waals surface area contributed by atoms with Crippen LogP contribution in [-0.2, 0) is 4.79 Å². The van der Waals surface area contributed by atoms with Crippen molar-refractivity contribution in [2.24, 2.45) is 5.92 Å². The SMILES string of the molecule is CC(C)C[C@H](NC(=O)[C@@H]1N[C@H](c2ccccc2)[C@@H]([N+](=O)[O-])[C@@H]1c1cccs1)B(O)O. The van der Waals surface area contributed by atoms with Crippen molar-refractivity contribution in [3.8, 4) is 0 Å². The van der Waals surface area contributed by atoms with Crippen molar-refractivity contribution in [2.75, 3.05) is 0 Å². The second-order valence-corrected chi connectivity index (χ2v) is 8.99. The molecule has 0 spiro atoms. The molecule has 8 nitrogen and oxygen atoms in total. The lowest BCUT2D eigenvalue weighted by Gasteiger charge is -2.24. The maximum Gasteiger partial charge on any atom is 0.475 e. The Morgan fingerprint density at radius 1 is 1.27 bits per heavy atom. The number of nitro groups is 1. The van der Waals surface area contributed by atoms with Gasteiger partial charge in [0.2, 0.25) is 11.9 Å². The van der Waals surface area contributed by atoms with Crippen molar-refractivity contribution in [2.45, 2.75) is 50.3 Å². The van der Waals surface area contributed by atoms with Crippen LogP contribution in [0.4, 0.5) is 0 Å². The van der Waals surface area contributed by atoms with E-state index in [0.717, 1.165) is 10.4 Å². The van der Waals surface area contributed by atoms with Gasteiger partial charge in [-0.3, -0.25) is 20.2 Å². The lowest BCUT2D eigenvalue weighted by Crippen LogP contribution is -2.53. The molecule has 1 amide bonds. The van der Waals surface area contributed by atoms with E-state index in [2.05, 4.69) is 10.6 Å². The van der Waals surface area contributed by atoms with Crippen LogP contribution in [0.3, 0.4) is 0 Å². The van der Waals surface area contributed by atoms with Gasteiger partial charge in [-0.05, 0) is 29.3 Å². The summed E-state index contributed by atoms with van der Waals surface area (Å²) in [7, 11) is -1.71. The Morgan fingerprint density at radius 3 is 2.50 bits per heavy atom. The van der Waals surface area contributed by atoms with Crippen molar-refractivity contribution < 1.29 is 19.8 Å². The number of benzene rings is 1. The maximum atomic E-state index is 13.2. The zero-order valence-electron chi connectivity index (χ0n) is 16.8. The lowest BCUT2D eigenvalue weighted by atomic mass is 9.74. The van der Waals surface area contributed by atoms with E-state index < -0.39 is 43.0 Å². The summed E-state index contributed by atoms with van der Waals surface area (Å²) in [6.45, 7) is 3.83. The molecule has 1 aliphatic heterocycles. The van der Waals surface area contributed by atoms with E-state index in [9.17, 15) is 25.0 Å². The number of carbonyl (C=O) groups is 1. The highest BCUT2D eigenvalue weighted by Crippen LogP contribution is 2.41. The number of thiophene rings is 1. The number of nitrogens with one attached hydrogen (secondary N) is 2. The summed E-state index contributed by atoms with van der Waals surface area (Å²) < 4.78 is 0. The molecular weight excluding hydrogens is 405 g/mol. The van der Waals surface area contributed by atoms with Crippen molar-refractivity contribution in [1.82, 2.24) is 10.6 Å². The highest BCUT2D eigenvalue weighted by Gasteiger charge is 2.55. The first kappa shape index (κ1) is 22.4. The molecule has 4 N–H and O–H groups in total. The summed E-state index contributed by atoms with van der Waals surface area (Å²) in [4.78, 5) is 25.7. The third-order valence-electron chi connectivity index (χ3n) is 5.40. The minimum atomic E-state index is -1.71. The molecule has 0 radical (unpaired) electrons. The van der Waals surface area contributed by atoms with Crippen LogP contribution in [0.5, 0.6) is 0 Å². The van der Waals surface area contributed by atoms with Gasteiger partial charge in [0.15, 0.2) is 0 Å². The van der Waals surface area contributed by atoms with Gasteiger partial charge < -0.3 is 15.4 Å². The van der Waals surface area contributed by atoms with Crippen molar-refractivity contribution in [3.05, 3.63) is 68.4 Å². The molecule has 160 valence electrons. The quantitative estimate of drug-likeness (QED) is 0.287. The Kier molecular flexibility index (Phi) is 7.25. The zero-order chi connectivity index (χ0) is 21.8. The van der Waals surface area contributed by atoms with E-state index in [1.165, 1.54) is 11.3 Å². The molecule has 1 aromatic carbocycles. The Morgan fingerprint density at radius 2 is 1.97 bits per heavy atom. The van der Waals surface area contributed by atoms with Crippen LogP contribution in [0.2, 0.25) is 0 Å².